The van der Waals surface area contributed by atoms with Crippen molar-refractivity contribution in [3.05, 3.63) is 71.4 Å². The predicted molar refractivity (Wildman–Crippen MR) is 113 cm³/mol. The molecule has 3 aromatic rings. The number of rotatable bonds is 8. The highest BCUT2D eigenvalue weighted by Gasteiger charge is 2.36. The molecule has 0 radical (unpaired) electrons. The summed E-state index contributed by atoms with van der Waals surface area (Å²) in [5.41, 5.74) is 1.09. The highest BCUT2D eigenvalue weighted by molar-refractivity contribution is 5.86. The summed E-state index contributed by atoms with van der Waals surface area (Å²) in [6.45, 7) is 2.61. The van der Waals surface area contributed by atoms with Crippen molar-refractivity contribution in [2.45, 2.75) is 44.7 Å². The van der Waals surface area contributed by atoms with E-state index >= 15 is 0 Å². The van der Waals surface area contributed by atoms with Crippen LogP contribution in [-0.2, 0) is 18.0 Å². The number of fused-ring (bicyclic) bond motifs is 1. The summed E-state index contributed by atoms with van der Waals surface area (Å²) in [5.74, 6) is -0.930. The number of hydrogen-bond acceptors (Lipinski definition) is 1. The second kappa shape index (κ2) is 9.37. The second-order valence-corrected chi connectivity index (χ2v) is 7.61. The molecule has 1 heterocycles. The van der Waals surface area contributed by atoms with Crippen LogP contribution in [0.15, 0.2) is 54.7 Å². The van der Waals surface area contributed by atoms with Gasteiger partial charge in [0, 0.05) is 43.0 Å². The van der Waals surface area contributed by atoms with Crippen LogP contribution in [0.25, 0.3) is 10.9 Å². The zero-order valence-electron chi connectivity index (χ0n) is 17.3. The largest absolute Gasteiger partial charge is 0.416 e. The molecule has 160 valence electrons. The van der Waals surface area contributed by atoms with Crippen molar-refractivity contribution < 1.29 is 18.0 Å². The molecule has 0 aliphatic heterocycles. The van der Waals surface area contributed by atoms with Crippen LogP contribution in [0.1, 0.15) is 55.2 Å². The molecule has 0 spiro atoms. The first kappa shape index (κ1) is 21.9. The minimum absolute atomic E-state index is 0.0345. The Kier molecular flexibility index (Phi) is 6.85. The van der Waals surface area contributed by atoms with E-state index in [0.29, 0.717) is 6.54 Å². The number of carbonyl (C=O) groups is 1. The van der Waals surface area contributed by atoms with Crippen LogP contribution >= 0.6 is 0 Å². The fourth-order valence-electron chi connectivity index (χ4n) is 3.96. The number of halogens is 3. The zero-order chi connectivity index (χ0) is 21.7. The third-order valence-electron chi connectivity index (χ3n) is 5.44. The van der Waals surface area contributed by atoms with Crippen LogP contribution in [-0.4, -0.2) is 17.0 Å². The summed E-state index contributed by atoms with van der Waals surface area (Å²) < 4.78 is 43.2. The number of hydrogen-bond donors (Lipinski definition) is 1. The number of aromatic nitrogens is 1. The van der Waals surface area contributed by atoms with Gasteiger partial charge in [-0.05, 0) is 29.7 Å². The molecule has 0 unspecified atom stereocenters. The molecule has 2 aromatic carbocycles. The van der Waals surface area contributed by atoms with Crippen LogP contribution in [0.5, 0.6) is 0 Å². The van der Waals surface area contributed by atoms with Crippen molar-refractivity contribution in [3.63, 3.8) is 0 Å². The molecule has 0 bridgehead atoms. The normalized spacial score (nSPS) is 12.8. The van der Waals surface area contributed by atoms with Crippen LogP contribution in [0.3, 0.4) is 0 Å². The van der Waals surface area contributed by atoms with Crippen molar-refractivity contribution in [3.8, 4) is 0 Å². The molecule has 0 saturated carbocycles. The molecule has 30 heavy (non-hydrogen) atoms. The Bertz CT molecular complexity index is 1010. The van der Waals surface area contributed by atoms with E-state index in [1.165, 1.54) is 12.1 Å². The lowest BCUT2D eigenvalue weighted by Gasteiger charge is -2.21. The molecule has 3 nitrogen and oxygen atoms in total. The van der Waals surface area contributed by atoms with Gasteiger partial charge in [-0.15, -0.1) is 0 Å². The number of nitrogens with one attached hydrogen (secondary N) is 1. The van der Waals surface area contributed by atoms with Gasteiger partial charge in [-0.1, -0.05) is 56.2 Å². The summed E-state index contributed by atoms with van der Waals surface area (Å²) >= 11 is 0. The average Bonchev–Trinajstić information content (AvgIpc) is 3.05. The average molecular weight is 416 g/mol. The Labute approximate surface area is 174 Å². The smallest absolute Gasteiger partial charge is 0.356 e. The first-order chi connectivity index (χ1) is 14.3. The van der Waals surface area contributed by atoms with Crippen LogP contribution in [0.2, 0.25) is 0 Å². The third-order valence-corrected chi connectivity index (χ3v) is 5.44. The van der Waals surface area contributed by atoms with Gasteiger partial charge in [-0.25, -0.2) is 0 Å². The molecular formula is C24H27F3N2O. The first-order valence-corrected chi connectivity index (χ1v) is 10.3. The Morgan fingerprint density at radius 3 is 2.47 bits per heavy atom. The van der Waals surface area contributed by atoms with E-state index in [4.69, 9.17) is 0 Å². The number of para-hydroxylation sites is 1. The molecule has 0 aliphatic rings. The maximum atomic E-state index is 13.8. The van der Waals surface area contributed by atoms with Crippen molar-refractivity contribution in [2.75, 3.05) is 6.54 Å². The number of carbonyl (C=O) groups excluding carboxylic acids is 1. The third kappa shape index (κ3) is 4.86. The maximum absolute atomic E-state index is 13.8. The van der Waals surface area contributed by atoms with Gasteiger partial charge >= 0.3 is 6.18 Å². The Balaban J connectivity index is 2.03. The maximum Gasteiger partial charge on any atom is 0.416 e. The van der Waals surface area contributed by atoms with Crippen LogP contribution < -0.4 is 5.32 Å². The lowest BCUT2D eigenvalue weighted by molar-refractivity contribution is -0.138. The SMILES string of the molecule is CCCCCNC(=O)C[C@H](c1ccccc1C(F)(F)F)c1cn(C)c2ccccc12. The summed E-state index contributed by atoms with van der Waals surface area (Å²) in [7, 11) is 1.86. The molecule has 0 aliphatic carbocycles. The lowest BCUT2D eigenvalue weighted by atomic mass is 9.85. The van der Waals surface area contributed by atoms with Crippen LogP contribution in [0.4, 0.5) is 13.2 Å². The molecule has 3 rings (SSSR count). The van der Waals surface area contributed by atoms with E-state index in [9.17, 15) is 18.0 Å². The van der Waals surface area contributed by atoms with Gasteiger partial charge in [0.05, 0.1) is 5.56 Å². The predicted octanol–water partition coefficient (Wildman–Crippen LogP) is 6.03. The summed E-state index contributed by atoms with van der Waals surface area (Å²) in [6, 6.07) is 13.1. The van der Waals surface area contributed by atoms with Gasteiger partial charge in [0.2, 0.25) is 5.91 Å². The quantitative estimate of drug-likeness (QED) is 0.447. The summed E-state index contributed by atoms with van der Waals surface area (Å²) in [4.78, 5) is 12.7. The minimum atomic E-state index is -4.49. The van der Waals surface area contributed by atoms with Crippen molar-refractivity contribution in [1.29, 1.82) is 0 Å². The molecule has 0 saturated heterocycles. The topological polar surface area (TPSA) is 34.0 Å². The number of unbranched alkanes of at least 4 members (excludes halogenated alkanes) is 2. The second-order valence-electron chi connectivity index (χ2n) is 7.61. The molecule has 1 N–H and O–H groups in total. The Morgan fingerprint density at radius 2 is 1.73 bits per heavy atom. The fraction of sp³-hybridized carbons (Fsp3) is 0.375. The van der Waals surface area contributed by atoms with E-state index in [0.717, 1.165) is 41.8 Å². The number of aryl methyl sites for hydroxylation is 1. The van der Waals surface area contributed by atoms with E-state index in [1.807, 2.05) is 42.1 Å². The zero-order valence-corrected chi connectivity index (χ0v) is 17.3. The lowest BCUT2D eigenvalue weighted by Crippen LogP contribution is -2.27. The van der Waals surface area contributed by atoms with Gasteiger partial charge in [0.15, 0.2) is 0 Å². The highest BCUT2D eigenvalue weighted by Crippen LogP contribution is 2.41. The number of nitrogens with zero attached hydrogens (tertiary/aromatic N) is 1. The van der Waals surface area contributed by atoms with E-state index < -0.39 is 17.7 Å². The van der Waals surface area contributed by atoms with Crippen LogP contribution in [0, 0.1) is 0 Å². The van der Waals surface area contributed by atoms with Gasteiger partial charge in [0.1, 0.15) is 0 Å². The van der Waals surface area contributed by atoms with Crippen molar-refractivity contribution in [1.82, 2.24) is 9.88 Å². The van der Waals surface area contributed by atoms with Gasteiger partial charge in [-0.3, -0.25) is 4.79 Å². The van der Waals surface area contributed by atoms with Gasteiger partial charge < -0.3 is 9.88 Å². The molecule has 1 atom stereocenters. The summed E-state index contributed by atoms with van der Waals surface area (Å²) in [5, 5.41) is 3.74. The standard InChI is InChI=1S/C24H27F3N2O/c1-3-4-9-14-28-23(30)15-19(17-10-5-7-12-21(17)24(25,26)27)20-16-29(2)22-13-8-6-11-18(20)22/h5-8,10-13,16,19H,3-4,9,14-15H2,1-2H3,(H,28,30)/t19-/m1/s1. The Hall–Kier alpha value is -2.76. The molecule has 6 heteroatoms. The summed E-state index contributed by atoms with van der Waals surface area (Å²) in [6.07, 6.45) is 0.217. The minimum Gasteiger partial charge on any atom is -0.356 e. The highest BCUT2D eigenvalue weighted by atomic mass is 19.4. The molecule has 0 fully saturated rings. The van der Waals surface area contributed by atoms with Crippen molar-refractivity contribution >= 4 is 16.8 Å². The first-order valence-electron chi connectivity index (χ1n) is 10.3. The van der Waals surface area contributed by atoms with Crippen molar-refractivity contribution in [2.24, 2.45) is 7.05 Å². The van der Waals surface area contributed by atoms with Gasteiger partial charge in [0.25, 0.3) is 0 Å². The number of benzene rings is 2. The number of alkyl halides is 3. The molecule has 1 amide bonds. The molecular weight excluding hydrogens is 389 g/mol. The van der Waals surface area contributed by atoms with E-state index in [-0.39, 0.29) is 17.9 Å². The van der Waals surface area contributed by atoms with E-state index in [2.05, 4.69) is 12.2 Å². The van der Waals surface area contributed by atoms with Gasteiger partial charge in [-0.2, -0.15) is 13.2 Å². The fourth-order valence-corrected chi connectivity index (χ4v) is 3.96. The van der Waals surface area contributed by atoms with E-state index in [1.54, 1.807) is 6.07 Å². The monoisotopic (exact) mass is 416 g/mol. The molecule has 1 aromatic heterocycles. The Morgan fingerprint density at radius 1 is 1.03 bits per heavy atom. The number of amides is 1.